The lowest BCUT2D eigenvalue weighted by atomic mass is 10.2. The van der Waals surface area contributed by atoms with E-state index in [4.69, 9.17) is 9.15 Å². The Hall–Kier alpha value is -1.75. The zero-order valence-electron chi connectivity index (χ0n) is 13.6. The van der Waals surface area contributed by atoms with Crippen LogP contribution in [0.2, 0.25) is 0 Å². The van der Waals surface area contributed by atoms with Gasteiger partial charge in [-0.15, -0.1) is 0 Å². The molecule has 0 aromatic carbocycles. The van der Waals surface area contributed by atoms with Gasteiger partial charge in [-0.3, -0.25) is 4.68 Å². The molecule has 5 heteroatoms. The molecule has 0 fully saturated rings. The summed E-state index contributed by atoms with van der Waals surface area (Å²) >= 11 is 0. The van der Waals surface area contributed by atoms with Crippen molar-refractivity contribution >= 4 is 0 Å². The van der Waals surface area contributed by atoms with E-state index in [1.165, 1.54) is 0 Å². The minimum absolute atomic E-state index is 0.503. The third-order valence-electron chi connectivity index (χ3n) is 3.49. The maximum absolute atomic E-state index is 5.93. The average Bonchev–Trinajstić information content (AvgIpc) is 2.94. The van der Waals surface area contributed by atoms with E-state index in [0.29, 0.717) is 12.5 Å². The Labute approximate surface area is 126 Å². The summed E-state index contributed by atoms with van der Waals surface area (Å²) in [5.74, 6) is 2.43. The smallest absolute Gasteiger partial charge is 0.163 e. The van der Waals surface area contributed by atoms with Crippen molar-refractivity contribution in [1.29, 1.82) is 0 Å². The molecule has 0 aliphatic carbocycles. The highest BCUT2D eigenvalue weighted by molar-refractivity contribution is 5.32. The Morgan fingerprint density at radius 1 is 1.38 bits per heavy atom. The van der Waals surface area contributed by atoms with E-state index in [9.17, 15) is 0 Å². The third-order valence-corrected chi connectivity index (χ3v) is 3.49. The molecule has 2 rings (SSSR count). The second-order valence-electron chi connectivity index (χ2n) is 5.81. The van der Waals surface area contributed by atoms with Crippen LogP contribution in [0, 0.1) is 19.8 Å². The first-order valence-electron chi connectivity index (χ1n) is 7.38. The first-order valence-corrected chi connectivity index (χ1v) is 7.38. The molecular weight excluding hydrogens is 266 g/mol. The van der Waals surface area contributed by atoms with E-state index in [1.54, 1.807) is 6.26 Å². The fraction of sp³-hybridized carbons (Fsp3) is 0.562. The summed E-state index contributed by atoms with van der Waals surface area (Å²) in [4.78, 5) is 0. The minimum Gasteiger partial charge on any atom is -0.485 e. The maximum atomic E-state index is 5.93. The SMILES string of the molecule is Cc1nn(C)c(C)c1OCc1ccoc1CNCC(C)C. The molecule has 2 aromatic rings. The number of hydrogen-bond donors (Lipinski definition) is 1. The molecule has 0 radical (unpaired) electrons. The van der Waals surface area contributed by atoms with Crippen molar-refractivity contribution in [2.75, 3.05) is 6.54 Å². The van der Waals surface area contributed by atoms with Crippen LogP contribution in [0.5, 0.6) is 5.75 Å². The van der Waals surface area contributed by atoms with Gasteiger partial charge >= 0.3 is 0 Å². The van der Waals surface area contributed by atoms with E-state index in [2.05, 4.69) is 24.3 Å². The largest absolute Gasteiger partial charge is 0.485 e. The van der Waals surface area contributed by atoms with E-state index in [1.807, 2.05) is 31.6 Å². The van der Waals surface area contributed by atoms with Crippen molar-refractivity contribution in [2.45, 2.75) is 40.8 Å². The normalized spacial score (nSPS) is 11.3. The number of aryl methyl sites for hydroxylation is 2. The lowest BCUT2D eigenvalue weighted by Gasteiger charge is -2.09. The van der Waals surface area contributed by atoms with Crippen LogP contribution < -0.4 is 10.1 Å². The molecule has 2 aromatic heterocycles. The molecule has 0 spiro atoms. The quantitative estimate of drug-likeness (QED) is 0.852. The van der Waals surface area contributed by atoms with Crippen molar-refractivity contribution in [2.24, 2.45) is 13.0 Å². The summed E-state index contributed by atoms with van der Waals surface area (Å²) in [5.41, 5.74) is 3.03. The highest BCUT2D eigenvalue weighted by Crippen LogP contribution is 2.23. The summed E-state index contributed by atoms with van der Waals surface area (Å²) in [6.07, 6.45) is 1.72. The van der Waals surface area contributed by atoms with Gasteiger partial charge in [-0.05, 0) is 32.4 Å². The fourth-order valence-corrected chi connectivity index (χ4v) is 2.24. The number of ether oxygens (including phenoxy) is 1. The molecule has 116 valence electrons. The zero-order valence-corrected chi connectivity index (χ0v) is 13.6. The van der Waals surface area contributed by atoms with Gasteiger partial charge in [0, 0.05) is 12.6 Å². The molecule has 0 unspecified atom stereocenters. The molecule has 21 heavy (non-hydrogen) atoms. The number of furan rings is 1. The number of nitrogens with one attached hydrogen (secondary N) is 1. The molecule has 5 nitrogen and oxygen atoms in total. The molecule has 0 amide bonds. The topological polar surface area (TPSA) is 52.2 Å². The number of aromatic nitrogens is 2. The summed E-state index contributed by atoms with van der Waals surface area (Å²) in [7, 11) is 1.92. The second-order valence-corrected chi connectivity index (χ2v) is 5.81. The van der Waals surface area contributed by atoms with Crippen molar-refractivity contribution in [3.05, 3.63) is 35.0 Å². The van der Waals surface area contributed by atoms with E-state index in [-0.39, 0.29) is 0 Å². The highest BCUT2D eigenvalue weighted by Gasteiger charge is 2.13. The van der Waals surface area contributed by atoms with Crippen LogP contribution in [0.3, 0.4) is 0 Å². The van der Waals surface area contributed by atoms with Crippen LogP contribution in [0.25, 0.3) is 0 Å². The Morgan fingerprint density at radius 2 is 2.14 bits per heavy atom. The third kappa shape index (κ3) is 3.88. The Morgan fingerprint density at radius 3 is 2.76 bits per heavy atom. The molecule has 2 heterocycles. The summed E-state index contributed by atoms with van der Waals surface area (Å²) < 4.78 is 13.3. The number of nitrogens with zero attached hydrogens (tertiary/aromatic N) is 2. The number of rotatable bonds is 7. The van der Waals surface area contributed by atoms with Crippen LogP contribution in [0.1, 0.15) is 36.6 Å². The molecular formula is C16H25N3O2. The van der Waals surface area contributed by atoms with Crippen LogP contribution in [-0.2, 0) is 20.2 Å². The Kier molecular flexibility index (Phi) is 5.07. The summed E-state index contributed by atoms with van der Waals surface area (Å²) in [5, 5.41) is 7.74. The average molecular weight is 291 g/mol. The predicted octanol–water partition coefficient (Wildman–Crippen LogP) is 2.95. The van der Waals surface area contributed by atoms with Crippen molar-refractivity contribution in [3.63, 3.8) is 0 Å². The van der Waals surface area contributed by atoms with Crippen molar-refractivity contribution < 1.29 is 9.15 Å². The Bertz CT molecular complexity index is 584. The van der Waals surface area contributed by atoms with Crippen molar-refractivity contribution in [1.82, 2.24) is 15.1 Å². The van der Waals surface area contributed by atoms with Crippen LogP contribution in [0.15, 0.2) is 16.7 Å². The minimum atomic E-state index is 0.503. The van der Waals surface area contributed by atoms with Gasteiger partial charge in [-0.25, -0.2) is 0 Å². The molecule has 1 N–H and O–H groups in total. The molecule has 0 aliphatic heterocycles. The molecule has 0 aliphatic rings. The maximum Gasteiger partial charge on any atom is 0.163 e. The van der Waals surface area contributed by atoms with Gasteiger partial charge in [0.1, 0.15) is 18.1 Å². The van der Waals surface area contributed by atoms with Crippen molar-refractivity contribution in [3.8, 4) is 5.75 Å². The van der Waals surface area contributed by atoms with E-state index < -0.39 is 0 Å². The van der Waals surface area contributed by atoms with Crippen LogP contribution in [0.4, 0.5) is 0 Å². The zero-order chi connectivity index (χ0) is 15.4. The first-order chi connectivity index (χ1) is 9.99. The van der Waals surface area contributed by atoms with Gasteiger partial charge in [-0.1, -0.05) is 13.8 Å². The van der Waals surface area contributed by atoms with E-state index >= 15 is 0 Å². The summed E-state index contributed by atoms with van der Waals surface area (Å²) in [6, 6.07) is 1.97. The lowest BCUT2D eigenvalue weighted by Crippen LogP contribution is -2.19. The second kappa shape index (κ2) is 6.80. The van der Waals surface area contributed by atoms with Gasteiger partial charge in [0.2, 0.25) is 0 Å². The van der Waals surface area contributed by atoms with E-state index in [0.717, 1.165) is 41.6 Å². The van der Waals surface area contributed by atoms with Gasteiger partial charge in [0.15, 0.2) is 5.75 Å². The van der Waals surface area contributed by atoms with Crippen LogP contribution in [-0.4, -0.2) is 16.3 Å². The van der Waals surface area contributed by atoms with Gasteiger partial charge in [0.25, 0.3) is 0 Å². The molecule has 0 bridgehead atoms. The first kappa shape index (κ1) is 15.6. The standard InChI is InChI=1S/C16H25N3O2/c1-11(2)8-17-9-15-14(6-7-20-15)10-21-16-12(3)18-19(5)13(16)4/h6-7,11,17H,8-10H2,1-5H3. The molecule has 0 atom stereocenters. The summed E-state index contributed by atoms with van der Waals surface area (Å²) in [6.45, 7) is 10.6. The fourth-order valence-electron chi connectivity index (χ4n) is 2.24. The lowest BCUT2D eigenvalue weighted by molar-refractivity contribution is 0.296. The molecule has 0 saturated carbocycles. The van der Waals surface area contributed by atoms with Gasteiger partial charge in [-0.2, -0.15) is 5.10 Å². The number of hydrogen-bond acceptors (Lipinski definition) is 4. The highest BCUT2D eigenvalue weighted by atomic mass is 16.5. The Balaban J connectivity index is 1.96. The van der Waals surface area contributed by atoms with Gasteiger partial charge < -0.3 is 14.5 Å². The molecule has 0 saturated heterocycles. The van der Waals surface area contributed by atoms with Crippen LogP contribution >= 0.6 is 0 Å². The predicted molar refractivity (Wildman–Crippen MR) is 82.3 cm³/mol. The van der Waals surface area contributed by atoms with Gasteiger partial charge in [0.05, 0.1) is 18.5 Å². The monoisotopic (exact) mass is 291 g/mol.